The van der Waals surface area contributed by atoms with Crippen LogP contribution in [0.4, 0.5) is 4.79 Å². The third-order valence-corrected chi connectivity index (χ3v) is 6.76. The summed E-state index contributed by atoms with van der Waals surface area (Å²) in [6, 6.07) is 15.5. The lowest BCUT2D eigenvalue weighted by Crippen LogP contribution is -2.41. The molecule has 3 aromatic rings. The molecular formula is C28H33ClN4O3. The van der Waals surface area contributed by atoms with Crippen molar-refractivity contribution in [1.29, 1.82) is 0 Å². The Morgan fingerprint density at radius 2 is 1.78 bits per heavy atom. The van der Waals surface area contributed by atoms with Crippen LogP contribution >= 0.6 is 11.6 Å². The number of aromatic nitrogens is 2. The molecule has 0 bridgehead atoms. The minimum atomic E-state index is -0.541. The molecule has 1 N–H and O–H groups in total. The number of benzene rings is 2. The fourth-order valence-electron chi connectivity index (χ4n) is 4.48. The van der Waals surface area contributed by atoms with E-state index < -0.39 is 5.60 Å². The van der Waals surface area contributed by atoms with E-state index in [1.807, 2.05) is 80.9 Å². The lowest BCUT2D eigenvalue weighted by atomic mass is 9.90. The van der Waals surface area contributed by atoms with Crippen molar-refractivity contribution in [3.8, 4) is 5.69 Å². The van der Waals surface area contributed by atoms with E-state index in [1.54, 1.807) is 11.1 Å². The number of nitrogens with one attached hydrogen (secondary N) is 1. The molecule has 2 heterocycles. The largest absolute Gasteiger partial charge is 0.444 e. The van der Waals surface area contributed by atoms with Crippen LogP contribution in [0.15, 0.2) is 54.7 Å². The van der Waals surface area contributed by atoms with Gasteiger partial charge in [0.25, 0.3) is 5.91 Å². The Morgan fingerprint density at radius 1 is 1.08 bits per heavy atom. The van der Waals surface area contributed by atoms with Gasteiger partial charge >= 0.3 is 6.09 Å². The van der Waals surface area contributed by atoms with Crippen LogP contribution in [0.3, 0.4) is 0 Å². The number of carbonyl (C=O) groups is 2. The SMILES string of the molecule is Cc1c(Cl)cccc1-n1ncc(C(=O)NCc2ccccc2)c1C1CCN(C(=O)OC(C)(C)C)CC1. The van der Waals surface area contributed by atoms with Crippen molar-refractivity contribution in [3.63, 3.8) is 0 Å². The molecule has 0 saturated carbocycles. The number of rotatable bonds is 5. The lowest BCUT2D eigenvalue weighted by molar-refractivity contribution is 0.0203. The second kappa shape index (κ2) is 10.7. The molecule has 8 heteroatoms. The number of likely N-dealkylation sites (tertiary alicyclic amines) is 1. The van der Waals surface area contributed by atoms with Crippen molar-refractivity contribution in [2.45, 2.75) is 58.6 Å². The van der Waals surface area contributed by atoms with Crippen LogP contribution in [0.1, 0.15) is 66.7 Å². The van der Waals surface area contributed by atoms with E-state index in [9.17, 15) is 9.59 Å². The molecule has 0 unspecified atom stereocenters. The summed E-state index contributed by atoms with van der Waals surface area (Å²) in [5, 5.41) is 8.31. The monoisotopic (exact) mass is 508 g/mol. The maximum atomic E-state index is 13.3. The molecule has 0 radical (unpaired) electrons. The molecule has 2 aromatic carbocycles. The first-order valence-corrected chi connectivity index (χ1v) is 12.7. The number of piperidine rings is 1. The number of carbonyl (C=O) groups excluding carboxylic acids is 2. The second-order valence-electron chi connectivity index (χ2n) is 10.1. The van der Waals surface area contributed by atoms with E-state index in [-0.39, 0.29) is 17.9 Å². The van der Waals surface area contributed by atoms with E-state index in [4.69, 9.17) is 16.3 Å². The Labute approximate surface area is 217 Å². The summed E-state index contributed by atoms with van der Waals surface area (Å²) in [6.45, 7) is 9.06. The average molecular weight is 509 g/mol. The molecule has 1 aliphatic rings. The molecule has 190 valence electrons. The van der Waals surface area contributed by atoms with Gasteiger partial charge in [-0.1, -0.05) is 48.0 Å². The molecule has 2 amide bonds. The van der Waals surface area contributed by atoms with Gasteiger partial charge in [-0.3, -0.25) is 4.79 Å². The van der Waals surface area contributed by atoms with Crippen molar-refractivity contribution in [3.05, 3.63) is 82.1 Å². The number of amides is 2. The first-order chi connectivity index (χ1) is 17.1. The predicted molar refractivity (Wildman–Crippen MR) is 141 cm³/mol. The van der Waals surface area contributed by atoms with Crippen LogP contribution in [-0.4, -0.2) is 45.4 Å². The highest BCUT2D eigenvalue weighted by atomic mass is 35.5. The molecule has 1 aliphatic heterocycles. The van der Waals surface area contributed by atoms with Crippen LogP contribution < -0.4 is 5.32 Å². The Hall–Kier alpha value is -3.32. The maximum Gasteiger partial charge on any atom is 0.410 e. The summed E-state index contributed by atoms with van der Waals surface area (Å²) >= 11 is 6.42. The molecule has 1 fully saturated rings. The van der Waals surface area contributed by atoms with Crippen molar-refractivity contribution in [1.82, 2.24) is 20.0 Å². The van der Waals surface area contributed by atoms with Crippen molar-refractivity contribution >= 4 is 23.6 Å². The standard InChI is InChI=1S/C28H33ClN4O3/c1-19-23(29)11-8-12-24(19)33-25(21-13-15-32(16-14-21)27(35)36-28(2,3)4)22(18-31-33)26(34)30-17-20-9-6-5-7-10-20/h5-12,18,21H,13-17H2,1-4H3,(H,30,34). The summed E-state index contributed by atoms with van der Waals surface area (Å²) in [7, 11) is 0. The molecule has 1 aromatic heterocycles. The van der Waals surface area contributed by atoms with Crippen LogP contribution in [-0.2, 0) is 11.3 Å². The van der Waals surface area contributed by atoms with Gasteiger partial charge in [0.2, 0.25) is 0 Å². The minimum absolute atomic E-state index is 0.0436. The summed E-state index contributed by atoms with van der Waals surface area (Å²) < 4.78 is 7.39. The summed E-state index contributed by atoms with van der Waals surface area (Å²) in [6.07, 6.45) is 2.73. The van der Waals surface area contributed by atoms with Gasteiger partial charge in [0.1, 0.15) is 5.60 Å². The van der Waals surface area contributed by atoms with Gasteiger partial charge in [0.15, 0.2) is 0 Å². The van der Waals surface area contributed by atoms with Gasteiger partial charge in [0.05, 0.1) is 23.1 Å². The number of ether oxygens (including phenoxy) is 1. The summed E-state index contributed by atoms with van der Waals surface area (Å²) in [5.41, 5.74) is 3.60. The first-order valence-electron chi connectivity index (χ1n) is 12.3. The molecule has 36 heavy (non-hydrogen) atoms. The third kappa shape index (κ3) is 5.90. The molecule has 1 saturated heterocycles. The molecular weight excluding hydrogens is 476 g/mol. The van der Waals surface area contributed by atoms with Crippen LogP contribution in [0, 0.1) is 6.92 Å². The second-order valence-corrected chi connectivity index (χ2v) is 10.6. The molecule has 0 atom stereocenters. The average Bonchev–Trinajstić information content (AvgIpc) is 3.29. The van der Waals surface area contributed by atoms with Gasteiger partial charge in [-0.15, -0.1) is 0 Å². The zero-order valence-corrected chi connectivity index (χ0v) is 22.0. The van der Waals surface area contributed by atoms with Gasteiger partial charge in [-0.05, 0) is 63.8 Å². The zero-order valence-electron chi connectivity index (χ0n) is 21.3. The Bertz CT molecular complexity index is 1230. The number of nitrogens with zero attached hydrogens (tertiary/aromatic N) is 3. The van der Waals surface area contributed by atoms with Crippen molar-refractivity contribution in [2.24, 2.45) is 0 Å². The molecule has 4 rings (SSSR count). The van der Waals surface area contributed by atoms with E-state index in [2.05, 4.69) is 10.4 Å². The predicted octanol–water partition coefficient (Wildman–Crippen LogP) is 5.88. The fourth-order valence-corrected chi connectivity index (χ4v) is 4.65. The van der Waals surface area contributed by atoms with E-state index >= 15 is 0 Å². The molecule has 7 nitrogen and oxygen atoms in total. The third-order valence-electron chi connectivity index (χ3n) is 6.35. The highest BCUT2D eigenvalue weighted by Crippen LogP contribution is 2.34. The Morgan fingerprint density at radius 3 is 2.44 bits per heavy atom. The fraction of sp³-hybridized carbons (Fsp3) is 0.393. The Balaban J connectivity index is 1.61. The number of hydrogen-bond donors (Lipinski definition) is 1. The van der Waals surface area contributed by atoms with Crippen molar-refractivity contribution in [2.75, 3.05) is 13.1 Å². The van der Waals surface area contributed by atoms with Crippen LogP contribution in [0.2, 0.25) is 5.02 Å². The van der Waals surface area contributed by atoms with Gasteiger partial charge in [-0.25, -0.2) is 9.48 Å². The molecule has 0 aliphatic carbocycles. The quantitative estimate of drug-likeness (QED) is 0.467. The normalized spacial score (nSPS) is 14.5. The van der Waals surface area contributed by atoms with Gasteiger partial charge in [-0.2, -0.15) is 5.10 Å². The topological polar surface area (TPSA) is 76.5 Å². The van der Waals surface area contributed by atoms with Crippen molar-refractivity contribution < 1.29 is 14.3 Å². The Kier molecular flexibility index (Phi) is 7.69. The zero-order chi connectivity index (χ0) is 25.9. The number of halogens is 1. The van der Waals surface area contributed by atoms with Crippen LogP contribution in [0.25, 0.3) is 5.69 Å². The first kappa shape index (κ1) is 25.8. The lowest BCUT2D eigenvalue weighted by Gasteiger charge is -2.34. The van der Waals surface area contributed by atoms with E-state index in [0.29, 0.717) is 43.1 Å². The molecule has 0 spiro atoms. The highest BCUT2D eigenvalue weighted by Gasteiger charge is 2.32. The van der Waals surface area contributed by atoms with Crippen LogP contribution in [0.5, 0.6) is 0 Å². The highest BCUT2D eigenvalue weighted by molar-refractivity contribution is 6.31. The van der Waals surface area contributed by atoms with Gasteiger partial charge in [0, 0.05) is 30.6 Å². The summed E-state index contributed by atoms with van der Waals surface area (Å²) in [4.78, 5) is 27.7. The summed E-state index contributed by atoms with van der Waals surface area (Å²) in [5.74, 6) is -0.128. The smallest absolute Gasteiger partial charge is 0.410 e. The number of hydrogen-bond acceptors (Lipinski definition) is 4. The minimum Gasteiger partial charge on any atom is -0.444 e. The maximum absolute atomic E-state index is 13.3. The van der Waals surface area contributed by atoms with E-state index in [1.165, 1.54) is 0 Å². The van der Waals surface area contributed by atoms with Gasteiger partial charge < -0.3 is 15.0 Å². The van der Waals surface area contributed by atoms with E-state index in [0.717, 1.165) is 22.5 Å².